The lowest BCUT2D eigenvalue weighted by Gasteiger charge is -2.12. The van der Waals surface area contributed by atoms with Gasteiger partial charge in [-0.25, -0.2) is 4.79 Å². The Bertz CT molecular complexity index is 1640. The molecule has 0 radical (unpaired) electrons. The number of nitrogens with zero attached hydrogens (tertiary/aromatic N) is 4. The number of hydrogen-bond acceptors (Lipinski definition) is 9. The fourth-order valence-corrected chi connectivity index (χ4v) is 4.86. The third kappa shape index (κ3) is 7.18. The second-order valence-corrected chi connectivity index (χ2v) is 10.0. The van der Waals surface area contributed by atoms with Crippen molar-refractivity contribution in [1.82, 2.24) is 20.1 Å². The Kier molecular flexibility index (Phi) is 9.65. The highest BCUT2D eigenvalue weighted by Gasteiger charge is 2.20. The van der Waals surface area contributed by atoms with E-state index in [1.54, 1.807) is 35.8 Å². The zero-order chi connectivity index (χ0) is 30.2. The van der Waals surface area contributed by atoms with Gasteiger partial charge in [0.2, 0.25) is 5.91 Å². The number of aromatic nitrogens is 3. The first kappa shape index (κ1) is 29.9. The van der Waals surface area contributed by atoms with Gasteiger partial charge >= 0.3 is 5.97 Å². The monoisotopic (exact) mass is 588 g/mol. The Balaban J connectivity index is 1.48. The fourth-order valence-electron chi connectivity index (χ4n) is 4.09. The molecule has 0 unspecified atom stereocenters. The number of ether oxygens (including phenoxy) is 1. The van der Waals surface area contributed by atoms with Gasteiger partial charge in [0, 0.05) is 28.6 Å². The number of rotatable bonds is 11. The fraction of sp³-hybridized carbons (Fsp3) is 0.207. The summed E-state index contributed by atoms with van der Waals surface area (Å²) in [4.78, 5) is 48.2. The highest BCUT2D eigenvalue weighted by molar-refractivity contribution is 7.99. The number of nitro benzene ring substituents is 1. The van der Waals surface area contributed by atoms with Crippen LogP contribution in [0.2, 0.25) is 0 Å². The van der Waals surface area contributed by atoms with Crippen molar-refractivity contribution in [2.45, 2.75) is 32.5 Å². The summed E-state index contributed by atoms with van der Waals surface area (Å²) in [6, 6.07) is 18.3. The first-order chi connectivity index (χ1) is 20.2. The third-order valence-corrected chi connectivity index (χ3v) is 7.05. The van der Waals surface area contributed by atoms with E-state index in [9.17, 15) is 24.5 Å². The summed E-state index contributed by atoms with van der Waals surface area (Å²) in [6.45, 7) is 5.45. The summed E-state index contributed by atoms with van der Waals surface area (Å²) in [5, 5.41) is 25.8. The molecule has 0 atom stereocenters. The summed E-state index contributed by atoms with van der Waals surface area (Å²) >= 11 is 1.16. The summed E-state index contributed by atoms with van der Waals surface area (Å²) in [5.74, 6) is -0.789. The van der Waals surface area contributed by atoms with Gasteiger partial charge < -0.3 is 15.4 Å². The molecule has 0 aliphatic carbocycles. The van der Waals surface area contributed by atoms with Gasteiger partial charge in [0.05, 0.1) is 29.4 Å². The molecular formula is C29H28N6O6S. The third-order valence-electron chi connectivity index (χ3n) is 6.13. The van der Waals surface area contributed by atoms with E-state index in [0.717, 1.165) is 23.0 Å². The number of nitro groups is 1. The molecule has 4 rings (SSSR count). The van der Waals surface area contributed by atoms with Gasteiger partial charge in [0.1, 0.15) is 0 Å². The number of benzene rings is 3. The number of nitrogens with one attached hydrogen (secondary N) is 2. The molecule has 42 heavy (non-hydrogen) atoms. The van der Waals surface area contributed by atoms with Crippen molar-refractivity contribution in [2.24, 2.45) is 0 Å². The molecule has 4 aromatic rings. The number of carbonyl (C=O) groups excluding carboxylic acids is 3. The maximum absolute atomic E-state index is 12.9. The molecule has 12 nitrogen and oxygen atoms in total. The zero-order valence-electron chi connectivity index (χ0n) is 23.1. The van der Waals surface area contributed by atoms with Crippen LogP contribution in [0.3, 0.4) is 0 Å². The second-order valence-electron chi connectivity index (χ2n) is 9.10. The minimum atomic E-state index is -0.529. The van der Waals surface area contributed by atoms with Crippen molar-refractivity contribution >= 4 is 40.9 Å². The van der Waals surface area contributed by atoms with Crippen LogP contribution in [0.1, 0.15) is 44.6 Å². The molecule has 216 valence electrons. The Hall–Kier alpha value is -5.04. The van der Waals surface area contributed by atoms with Crippen molar-refractivity contribution in [2.75, 3.05) is 17.7 Å². The Morgan fingerprint density at radius 2 is 1.76 bits per heavy atom. The predicted octanol–water partition coefficient (Wildman–Crippen LogP) is 4.63. The normalized spacial score (nSPS) is 10.6. The van der Waals surface area contributed by atoms with Gasteiger partial charge in [-0.2, -0.15) is 0 Å². The molecule has 1 heterocycles. The molecule has 0 saturated carbocycles. The maximum Gasteiger partial charge on any atom is 0.338 e. The number of thioether (sulfide) groups is 1. The number of esters is 1. The van der Waals surface area contributed by atoms with Crippen LogP contribution in [0.25, 0.3) is 5.69 Å². The first-order valence-electron chi connectivity index (χ1n) is 12.9. The van der Waals surface area contributed by atoms with Crippen LogP contribution >= 0.6 is 11.8 Å². The van der Waals surface area contributed by atoms with E-state index in [4.69, 9.17) is 4.74 Å². The van der Waals surface area contributed by atoms with Gasteiger partial charge in [0.15, 0.2) is 11.0 Å². The topological polar surface area (TPSA) is 158 Å². The van der Waals surface area contributed by atoms with Gasteiger partial charge in [-0.3, -0.25) is 24.3 Å². The minimum absolute atomic E-state index is 0.0124. The van der Waals surface area contributed by atoms with Crippen LogP contribution in [-0.4, -0.2) is 49.8 Å². The Morgan fingerprint density at radius 1 is 1.02 bits per heavy atom. The van der Waals surface area contributed by atoms with Gasteiger partial charge in [-0.15, -0.1) is 10.2 Å². The lowest BCUT2D eigenvalue weighted by Crippen LogP contribution is -2.25. The molecule has 1 aromatic heterocycles. The highest BCUT2D eigenvalue weighted by atomic mass is 32.2. The number of hydrogen-bond donors (Lipinski definition) is 2. The number of carbonyl (C=O) groups is 3. The van der Waals surface area contributed by atoms with Gasteiger partial charge in [0.25, 0.3) is 11.6 Å². The second kappa shape index (κ2) is 13.5. The summed E-state index contributed by atoms with van der Waals surface area (Å²) in [6.07, 6.45) is 0. The smallest absolute Gasteiger partial charge is 0.338 e. The minimum Gasteiger partial charge on any atom is -0.462 e. The molecule has 3 aromatic carbocycles. The molecule has 2 N–H and O–H groups in total. The largest absolute Gasteiger partial charge is 0.462 e. The van der Waals surface area contributed by atoms with Crippen molar-refractivity contribution < 1.29 is 24.0 Å². The van der Waals surface area contributed by atoms with E-state index in [1.165, 1.54) is 25.1 Å². The van der Waals surface area contributed by atoms with Gasteiger partial charge in [-0.05, 0) is 68.8 Å². The number of aryl methyl sites for hydroxylation is 1. The van der Waals surface area contributed by atoms with E-state index in [0.29, 0.717) is 22.2 Å². The van der Waals surface area contributed by atoms with E-state index in [1.807, 2.05) is 31.2 Å². The molecule has 13 heteroatoms. The summed E-state index contributed by atoms with van der Waals surface area (Å²) in [7, 11) is 0. The molecule has 2 amide bonds. The Morgan fingerprint density at radius 3 is 2.45 bits per heavy atom. The number of amides is 2. The van der Waals surface area contributed by atoms with E-state index in [-0.39, 0.29) is 41.6 Å². The molecule has 0 bridgehead atoms. The predicted molar refractivity (Wildman–Crippen MR) is 157 cm³/mol. The van der Waals surface area contributed by atoms with E-state index in [2.05, 4.69) is 20.8 Å². The number of anilines is 1. The van der Waals surface area contributed by atoms with Crippen molar-refractivity contribution in [1.29, 1.82) is 0 Å². The van der Waals surface area contributed by atoms with Crippen LogP contribution < -0.4 is 10.6 Å². The Labute approximate surface area is 245 Å². The van der Waals surface area contributed by atoms with Crippen LogP contribution in [0.4, 0.5) is 11.4 Å². The highest BCUT2D eigenvalue weighted by Crippen LogP contribution is 2.24. The van der Waals surface area contributed by atoms with E-state index < -0.39 is 16.8 Å². The van der Waals surface area contributed by atoms with Crippen LogP contribution in [0.15, 0.2) is 71.9 Å². The SMILES string of the molecule is CCOC(=O)c1ccc(NC(=O)CSc2nnc(CNC(=O)c3cccc([N+](=O)[O-])c3C)n2-c2cccc(C)c2)cc1. The van der Waals surface area contributed by atoms with Gasteiger partial charge in [-0.1, -0.05) is 30.0 Å². The quantitative estimate of drug-likeness (QED) is 0.110. The first-order valence-corrected chi connectivity index (χ1v) is 13.9. The molecule has 0 aliphatic heterocycles. The van der Waals surface area contributed by atoms with E-state index >= 15 is 0 Å². The molecular weight excluding hydrogens is 560 g/mol. The molecule has 0 spiro atoms. The lowest BCUT2D eigenvalue weighted by atomic mass is 10.1. The lowest BCUT2D eigenvalue weighted by molar-refractivity contribution is -0.385. The molecule has 0 fully saturated rings. The molecule has 0 aliphatic rings. The maximum atomic E-state index is 12.9. The summed E-state index contributed by atoms with van der Waals surface area (Å²) in [5.41, 5.74) is 2.95. The van der Waals surface area contributed by atoms with Crippen molar-refractivity contribution in [3.63, 3.8) is 0 Å². The average molecular weight is 589 g/mol. The van der Waals surface area contributed by atoms with Crippen LogP contribution in [0.5, 0.6) is 0 Å². The average Bonchev–Trinajstić information content (AvgIpc) is 3.38. The molecule has 0 saturated heterocycles. The van der Waals surface area contributed by atoms with Crippen LogP contribution in [-0.2, 0) is 16.1 Å². The standard InChI is InChI=1S/C29H28N6O6S/c1-4-41-28(38)20-11-13-21(14-12-20)31-26(36)17-42-29-33-32-25(34(29)22-8-5-7-18(2)15-22)16-30-27(37)23-9-6-10-24(19(23)3)35(39)40/h5-15H,4,16-17H2,1-3H3,(H,30,37)(H,31,36). The van der Waals surface area contributed by atoms with Crippen LogP contribution in [0, 0.1) is 24.0 Å². The summed E-state index contributed by atoms with van der Waals surface area (Å²) < 4.78 is 6.72. The zero-order valence-corrected chi connectivity index (χ0v) is 23.9. The van der Waals surface area contributed by atoms with Crippen molar-refractivity contribution in [3.8, 4) is 5.69 Å². The van der Waals surface area contributed by atoms with Crippen molar-refractivity contribution in [3.05, 3.63) is 105 Å².